The van der Waals surface area contributed by atoms with Crippen LogP contribution < -0.4 is 9.47 Å². The van der Waals surface area contributed by atoms with Gasteiger partial charge in [-0.25, -0.2) is 0 Å². The molecule has 0 saturated heterocycles. The first-order valence-corrected chi connectivity index (χ1v) is 7.10. The Labute approximate surface area is 129 Å². The largest absolute Gasteiger partial charge is 0.495 e. The third-order valence-electron chi connectivity index (χ3n) is 3.18. The molecule has 0 saturated carbocycles. The van der Waals surface area contributed by atoms with Gasteiger partial charge in [-0.15, -0.1) is 0 Å². The Morgan fingerprint density at radius 1 is 1.14 bits per heavy atom. The van der Waals surface area contributed by atoms with Crippen LogP contribution in [0.15, 0.2) is 42.5 Å². The molecule has 110 valence electrons. The van der Waals surface area contributed by atoms with Crippen LogP contribution in [0.25, 0.3) is 0 Å². The normalized spacial score (nSPS) is 10.2. The molecule has 0 spiro atoms. The lowest BCUT2D eigenvalue weighted by Gasteiger charge is -2.08. The van der Waals surface area contributed by atoms with Gasteiger partial charge in [-0.1, -0.05) is 30.7 Å². The molecule has 21 heavy (non-hydrogen) atoms. The molecule has 0 bridgehead atoms. The Morgan fingerprint density at radius 2 is 1.86 bits per heavy atom. The van der Waals surface area contributed by atoms with Crippen molar-refractivity contribution in [2.75, 3.05) is 13.7 Å². The van der Waals surface area contributed by atoms with E-state index in [1.54, 1.807) is 18.2 Å². The topological polar surface area (TPSA) is 35.5 Å². The molecule has 2 aromatic rings. The van der Waals surface area contributed by atoms with Gasteiger partial charge in [-0.3, -0.25) is 4.79 Å². The zero-order chi connectivity index (χ0) is 15.2. The van der Waals surface area contributed by atoms with Gasteiger partial charge < -0.3 is 9.47 Å². The Hall–Kier alpha value is -2.00. The van der Waals surface area contributed by atoms with Crippen molar-refractivity contribution in [1.29, 1.82) is 0 Å². The monoisotopic (exact) mass is 304 g/mol. The number of ether oxygens (including phenoxy) is 2. The highest BCUT2D eigenvalue weighted by atomic mass is 35.5. The van der Waals surface area contributed by atoms with Crippen LogP contribution in [0.5, 0.6) is 11.5 Å². The van der Waals surface area contributed by atoms with Crippen LogP contribution >= 0.6 is 11.6 Å². The fraction of sp³-hybridized carbons (Fsp3) is 0.235. The van der Waals surface area contributed by atoms with Crippen molar-refractivity contribution >= 4 is 17.4 Å². The Bertz CT molecular complexity index is 620. The molecule has 2 aromatic carbocycles. The summed E-state index contributed by atoms with van der Waals surface area (Å²) in [7, 11) is 1.53. The molecular formula is C17H17ClO3. The predicted octanol–water partition coefficient (Wildman–Crippen LogP) is 4.17. The molecule has 0 heterocycles. The van der Waals surface area contributed by atoms with Crippen LogP contribution in [0.2, 0.25) is 5.02 Å². The highest BCUT2D eigenvalue weighted by Gasteiger charge is 2.10. The van der Waals surface area contributed by atoms with Gasteiger partial charge in [0.25, 0.3) is 0 Å². The highest BCUT2D eigenvalue weighted by molar-refractivity contribution is 6.32. The van der Waals surface area contributed by atoms with E-state index in [0.29, 0.717) is 22.1 Å². The number of ketones is 1. The van der Waals surface area contributed by atoms with Crippen LogP contribution in [-0.2, 0) is 6.42 Å². The summed E-state index contributed by atoms with van der Waals surface area (Å²) in [6, 6.07) is 12.7. The van der Waals surface area contributed by atoms with Crippen LogP contribution in [0, 0.1) is 0 Å². The first-order chi connectivity index (χ1) is 10.1. The molecule has 2 rings (SSSR count). The van der Waals surface area contributed by atoms with Gasteiger partial charge in [0.15, 0.2) is 12.4 Å². The van der Waals surface area contributed by atoms with Gasteiger partial charge >= 0.3 is 0 Å². The molecule has 0 fully saturated rings. The number of carbonyl (C=O) groups excluding carboxylic acids is 1. The quantitative estimate of drug-likeness (QED) is 0.751. The number of rotatable bonds is 6. The Morgan fingerprint density at radius 3 is 2.43 bits per heavy atom. The van der Waals surface area contributed by atoms with E-state index < -0.39 is 0 Å². The van der Waals surface area contributed by atoms with E-state index in [0.717, 1.165) is 6.42 Å². The fourth-order valence-electron chi connectivity index (χ4n) is 1.89. The van der Waals surface area contributed by atoms with Crippen LogP contribution in [0.4, 0.5) is 0 Å². The van der Waals surface area contributed by atoms with Gasteiger partial charge in [0, 0.05) is 5.56 Å². The lowest BCUT2D eigenvalue weighted by Crippen LogP contribution is -2.11. The molecule has 0 aromatic heterocycles. The smallest absolute Gasteiger partial charge is 0.200 e. The zero-order valence-corrected chi connectivity index (χ0v) is 12.8. The Balaban J connectivity index is 1.99. The van der Waals surface area contributed by atoms with Crippen molar-refractivity contribution in [3.63, 3.8) is 0 Å². The SMILES string of the molecule is CCc1ccc(OCC(=O)c2ccc(OC)c(Cl)c2)cc1. The van der Waals surface area contributed by atoms with E-state index in [2.05, 4.69) is 6.92 Å². The third kappa shape index (κ3) is 3.99. The van der Waals surface area contributed by atoms with E-state index >= 15 is 0 Å². The van der Waals surface area contributed by atoms with E-state index in [4.69, 9.17) is 21.1 Å². The van der Waals surface area contributed by atoms with Crippen LogP contribution in [0.1, 0.15) is 22.8 Å². The molecule has 0 aliphatic heterocycles. The second-order valence-electron chi connectivity index (χ2n) is 4.56. The summed E-state index contributed by atoms with van der Waals surface area (Å²) in [5, 5.41) is 0.413. The minimum Gasteiger partial charge on any atom is -0.495 e. The minimum atomic E-state index is -0.126. The lowest BCUT2D eigenvalue weighted by atomic mass is 10.1. The summed E-state index contributed by atoms with van der Waals surface area (Å²) in [5.41, 5.74) is 1.74. The summed E-state index contributed by atoms with van der Waals surface area (Å²) < 4.78 is 10.6. The van der Waals surface area contributed by atoms with Crippen molar-refractivity contribution in [1.82, 2.24) is 0 Å². The fourth-order valence-corrected chi connectivity index (χ4v) is 2.15. The van der Waals surface area contributed by atoms with E-state index in [9.17, 15) is 4.79 Å². The predicted molar refractivity (Wildman–Crippen MR) is 83.6 cm³/mol. The van der Waals surface area contributed by atoms with Crippen molar-refractivity contribution in [3.8, 4) is 11.5 Å². The molecular weight excluding hydrogens is 288 g/mol. The summed E-state index contributed by atoms with van der Waals surface area (Å²) in [4.78, 5) is 12.1. The maximum absolute atomic E-state index is 12.1. The minimum absolute atomic E-state index is 0.0197. The standard InChI is InChI=1S/C17H17ClO3/c1-3-12-4-7-14(8-5-12)21-11-16(19)13-6-9-17(20-2)15(18)10-13/h4-10H,3,11H2,1-2H3. The number of halogens is 1. The van der Waals surface area contributed by atoms with Gasteiger partial charge in [0.2, 0.25) is 0 Å². The van der Waals surface area contributed by atoms with Crippen LogP contribution in [-0.4, -0.2) is 19.5 Å². The van der Waals surface area contributed by atoms with E-state index in [-0.39, 0.29) is 12.4 Å². The van der Waals surface area contributed by atoms with Crippen molar-refractivity contribution in [2.45, 2.75) is 13.3 Å². The average Bonchev–Trinajstić information content (AvgIpc) is 2.53. The number of hydrogen-bond donors (Lipinski definition) is 0. The number of carbonyl (C=O) groups is 1. The molecule has 0 N–H and O–H groups in total. The molecule has 0 amide bonds. The second-order valence-corrected chi connectivity index (χ2v) is 4.97. The van der Waals surface area contributed by atoms with E-state index in [1.165, 1.54) is 12.7 Å². The second kappa shape index (κ2) is 7.14. The van der Waals surface area contributed by atoms with Gasteiger partial charge in [-0.2, -0.15) is 0 Å². The average molecular weight is 305 g/mol. The first-order valence-electron chi connectivity index (χ1n) is 6.72. The molecule has 0 aliphatic rings. The molecule has 0 atom stereocenters. The summed E-state index contributed by atoms with van der Waals surface area (Å²) in [6.07, 6.45) is 0.976. The number of Topliss-reactive ketones (excluding diaryl/α,β-unsaturated/α-hetero) is 1. The summed E-state index contributed by atoms with van der Waals surface area (Å²) in [6.45, 7) is 2.07. The molecule has 0 radical (unpaired) electrons. The van der Waals surface area contributed by atoms with Crippen molar-refractivity contribution in [2.24, 2.45) is 0 Å². The van der Waals surface area contributed by atoms with Crippen LogP contribution in [0.3, 0.4) is 0 Å². The molecule has 0 unspecified atom stereocenters. The number of aryl methyl sites for hydroxylation is 1. The van der Waals surface area contributed by atoms with Crippen molar-refractivity contribution < 1.29 is 14.3 Å². The highest BCUT2D eigenvalue weighted by Crippen LogP contribution is 2.25. The third-order valence-corrected chi connectivity index (χ3v) is 3.47. The number of benzene rings is 2. The molecule has 3 nitrogen and oxygen atoms in total. The number of methoxy groups -OCH3 is 1. The summed E-state index contributed by atoms with van der Waals surface area (Å²) in [5.74, 6) is 1.10. The number of hydrogen-bond acceptors (Lipinski definition) is 3. The first kappa shape index (κ1) is 15.4. The lowest BCUT2D eigenvalue weighted by molar-refractivity contribution is 0.0921. The summed E-state index contributed by atoms with van der Waals surface area (Å²) >= 11 is 6.01. The van der Waals surface area contributed by atoms with E-state index in [1.807, 2.05) is 24.3 Å². The van der Waals surface area contributed by atoms with Gasteiger partial charge in [-0.05, 0) is 42.3 Å². The van der Waals surface area contributed by atoms with Crippen molar-refractivity contribution in [3.05, 3.63) is 58.6 Å². The maximum Gasteiger partial charge on any atom is 0.200 e. The maximum atomic E-state index is 12.1. The molecule has 0 aliphatic carbocycles. The zero-order valence-electron chi connectivity index (χ0n) is 12.1. The molecule has 4 heteroatoms. The van der Waals surface area contributed by atoms with Gasteiger partial charge in [0.1, 0.15) is 11.5 Å². The van der Waals surface area contributed by atoms with Gasteiger partial charge in [0.05, 0.1) is 12.1 Å². The Kier molecular flexibility index (Phi) is 5.23.